The Kier molecular flexibility index (Phi) is 3.69. The number of aromatic nitrogens is 4. The Morgan fingerprint density at radius 2 is 2.10 bits per heavy atom. The van der Waals surface area contributed by atoms with Gasteiger partial charge in [-0.05, 0) is 54.6 Å². The molecule has 1 aromatic carbocycles. The van der Waals surface area contributed by atoms with Crippen molar-refractivity contribution < 1.29 is 4.39 Å². The maximum Gasteiger partial charge on any atom is 0.163 e. The van der Waals surface area contributed by atoms with E-state index in [0.717, 1.165) is 31.9 Å². The van der Waals surface area contributed by atoms with Crippen LogP contribution >= 0.6 is 34.2 Å². The average molecular weight is 419 g/mol. The van der Waals surface area contributed by atoms with Gasteiger partial charge in [-0.3, -0.25) is 4.57 Å². The fraction of sp³-hybridized carbons (Fsp3) is 0.286. The molecule has 2 aromatic heterocycles. The lowest BCUT2D eigenvalue weighted by atomic mass is 10.3. The molecule has 0 radical (unpaired) electrons. The Morgan fingerprint density at radius 3 is 2.71 bits per heavy atom. The minimum Gasteiger partial charge on any atom is -0.279 e. The van der Waals surface area contributed by atoms with E-state index >= 15 is 0 Å². The van der Waals surface area contributed by atoms with E-state index in [0.29, 0.717) is 0 Å². The van der Waals surface area contributed by atoms with E-state index in [4.69, 9.17) is 11.6 Å². The fourth-order valence-corrected chi connectivity index (χ4v) is 3.32. The number of aryl methyl sites for hydroxylation is 2. The number of hydrogen-bond acceptors (Lipinski definition) is 2. The molecule has 0 aliphatic carbocycles. The molecule has 0 saturated carbocycles. The highest BCUT2D eigenvalue weighted by Gasteiger charge is 2.22. The third-order valence-electron chi connectivity index (χ3n) is 3.33. The van der Waals surface area contributed by atoms with E-state index in [1.807, 2.05) is 25.5 Å². The van der Waals surface area contributed by atoms with E-state index < -0.39 is 0 Å². The van der Waals surface area contributed by atoms with Gasteiger partial charge in [0.2, 0.25) is 0 Å². The molecule has 1 unspecified atom stereocenters. The van der Waals surface area contributed by atoms with Crippen LogP contribution in [0.5, 0.6) is 0 Å². The largest absolute Gasteiger partial charge is 0.279 e. The van der Waals surface area contributed by atoms with Crippen LogP contribution in [0.15, 0.2) is 18.2 Å². The minimum absolute atomic E-state index is 0.263. The summed E-state index contributed by atoms with van der Waals surface area (Å²) in [6.07, 6.45) is 0. The van der Waals surface area contributed by atoms with Crippen molar-refractivity contribution in [1.82, 2.24) is 19.3 Å². The summed E-state index contributed by atoms with van der Waals surface area (Å²) in [5.41, 5.74) is 3.38. The highest BCUT2D eigenvalue weighted by atomic mass is 127. The number of hydrogen-bond donors (Lipinski definition) is 0. The van der Waals surface area contributed by atoms with E-state index in [-0.39, 0.29) is 11.2 Å². The molecule has 2 heterocycles. The third-order valence-corrected chi connectivity index (χ3v) is 4.39. The first-order valence-corrected chi connectivity index (χ1v) is 7.93. The number of benzene rings is 1. The molecule has 0 aliphatic heterocycles. The Bertz CT molecular complexity index is 837. The summed E-state index contributed by atoms with van der Waals surface area (Å²) in [5, 5.41) is 4.13. The fourth-order valence-electron chi connectivity index (χ4n) is 2.46. The van der Waals surface area contributed by atoms with Crippen molar-refractivity contribution in [3.05, 3.63) is 39.1 Å². The van der Waals surface area contributed by atoms with Gasteiger partial charge in [-0.25, -0.2) is 14.1 Å². The number of imidazole rings is 1. The average Bonchev–Trinajstić information content (AvgIpc) is 2.90. The molecule has 21 heavy (non-hydrogen) atoms. The molecule has 110 valence electrons. The molecule has 0 fully saturated rings. The normalized spacial score (nSPS) is 13.0. The van der Waals surface area contributed by atoms with E-state index in [1.54, 1.807) is 10.7 Å². The summed E-state index contributed by atoms with van der Waals surface area (Å²) in [6.45, 7) is 3.79. The quantitative estimate of drug-likeness (QED) is 0.464. The summed E-state index contributed by atoms with van der Waals surface area (Å²) in [5.74, 6) is 0.466. The van der Waals surface area contributed by atoms with Gasteiger partial charge >= 0.3 is 0 Å². The highest BCUT2D eigenvalue weighted by molar-refractivity contribution is 14.1. The van der Waals surface area contributed by atoms with Crippen molar-refractivity contribution >= 4 is 45.4 Å². The second-order valence-corrected chi connectivity index (χ2v) is 6.72. The number of fused-ring (bicyclic) bond motifs is 1. The van der Waals surface area contributed by atoms with Crippen molar-refractivity contribution in [3.63, 3.8) is 0 Å². The lowest BCUT2D eigenvalue weighted by Crippen LogP contribution is -2.07. The van der Waals surface area contributed by atoms with Gasteiger partial charge in [0, 0.05) is 10.6 Å². The molecule has 1 atom stereocenters. The smallest absolute Gasteiger partial charge is 0.163 e. The molecular weight excluding hydrogens is 406 g/mol. The standard InChI is InChI=1S/C14H13ClFIN4/c1-7(15)13-18-12-8(2)19-20(3)14(12)21(13)11-5-4-9(16)6-10(11)17/h4-7H,1-3H3. The number of halogens is 3. The van der Waals surface area contributed by atoms with Crippen molar-refractivity contribution in [1.29, 1.82) is 0 Å². The zero-order valence-electron chi connectivity index (χ0n) is 11.7. The Balaban J connectivity index is 2.41. The Morgan fingerprint density at radius 1 is 1.38 bits per heavy atom. The lowest BCUT2D eigenvalue weighted by Gasteiger charge is -2.12. The zero-order chi connectivity index (χ0) is 15.3. The van der Waals surface area contributed by atoms with E-state index in [9.17, 15) is 4.39 Å². The van der Waals surface area contributed by atoms with Gasteiger partial charge in [0.15, 0.2) is 5.65 Å². The van der Waals surface area contributed by atoms with Crippen LogP contribution < -0.4 is 0 Å². The number of alkyl halides is 1. The molecule has 0 amide bonds. The van der Waals surface area contributed by atoms with Crippen LogP contribution in [-0.4, -0.2) is 19.3 Å². The second kappa shape index (κ2) is 5.24. The summed E-state index contributed by atoms with van der Waals surface area (Å²) in [7, 11) is 1.87. The van der Waals surface area contributed by atoms with Crippen molar-refractivity contribution in [2.45, 2.75) is 19.2 Å². The summed E-state index contributed by atoms with van der Waals surface area (Å²) < 4.78 is 17.9. The first kappa shape index (κ1) is 14.8. The van der Waals surface area contributed by atoms with Gasteiger partial charge in [-0.2, -0.15) is 5.10 Å². The second-order valence-electron chi connectivity index (χ2n) is 4.90. The van der Waals surface area contributed by atoms with Crippen LogP contribution in [0, 0.1) is 16.3 Å². The molecule has 4 nitrogen and oxygen atoms in total. The molecule has 3 aromatic rings. The monoisotopic (exact) mass is 418 g/mol. The zero-order valence-corrected chi connectivity index (χ0v) is 14.6. The van der Waals surface area contributed by atoms with Gasteiger partial charge in [0.25, 0.3) is 0 Å². The molecule has 0 aliphatic rings. The number of rotatable bonds is 2. The van der Waals surface area contributed by atoms with Crippen LogP contribution in [0.2, 0.25) is 0 Å². The lowest BCUT2D eigenvalue weighted by molar-refractivity contribution is 0.626. The highest BCUT2D eigenvalue weighted by Crippen LogP contribution is 2.31. The summed E-state index contributed by atoms with van der Waals surface area (Å²) in [6, 6.07) is 4.67. The van der Waals surface area contributed by atoms with E-state index in [1.165, 1.54) is 12.1 Å². The molecule has 0 bridgehead atoms. The first-order valence-electron chi connectivity index (χ1n) is 6.41. The third kappa shape index (κ3) is 2.34. The first-order chi connectivity index (χ1) is 9.90. The van der Waals surface area contributed by atoms with Crippen LogP contribution in [-0.2, 0) is 7.05 Å². The van der Waals surface area contributed by atoms with Gasteiger partial charge < -0.3 is 0 Å². The predicted octanol–water partition coefficient (Wildman–Crippen LogP) is 4.11. The van der Waals surface area contributed by atoms with Crippen LogP contribution in [0.3, 0.4) is 0 Å². The topological polar surface area (TPSA) is 35.6 Å². The maximum absolute atomic E-state index is 13.4. The number of nitrogens with zero attached hydrogens (tertiary/aromatic N) is 4. The Hall–Kier alpha value is -1.15. The van der Waals surface area contributed by atoms with Crippen molar-refractivity contribution in [2.24, 2.45) is 7.05 Å². The molecule has 3 rings (SSSR count). The van der Waals surface area contributed by atoms with Crippen LogP contribution in [0.1, 0.15) is 23.8 Å². The predicted molar refractivity (Wildman–Crippen MR) is 89.5 cm³/mol. The van der Waals surface area contributed by atoms with Gasteiger partial charge in [-0.15, -0.1) is 11.6 Å². The molecular formula is C14H13ClFIN4. The maximum atomic E-state index is 13.4. The van der Waals surface area contributed by atoms with Crippen molar-refractivity contribution in [2.75, 3.05) is 0 Å². The SMILES string of the molecule is Cc1nn(C)c2c1nc(C(C)Cl)n2-c1ccc(F)cc1I. The minimum atomic E-state index is -0.266. The summed E-state index contributed by atoms with van der Waals surface area (Å²) >= 11 is 8.40. The molecule has 0 spiro atoms. The van der Waals surface area contributed by atoms with Crippen LogP contribution in [0.25, 0.3) is 16.9 Å². The molecule has 0 saturated heterocycles. The van der Waals surface area contributed by atoms with Crippen LogP contribution in [0.4, 0.5) is 4.39 Å². The summed E-state index contributed by atoms with van der Waals surface area (Å²) in [4.78, 5) is 4.62. The van der Waals surface area contributed by atoms with Gasteiger partial charge in [-0.1, -0.05) is 0 Å². The van der Waals surface area contributed by atoms with E-state index in [2.05, 4.69) is 32.7 Å². The molecule has 0 N–H and O–H groups in total. The Labute approximate surface area is 140 Å². The van der Waals surface area contributed by atoms with Gasteiger partial charge in [0.1, 0.15) is 17.2 Å². The molecule has 7 heteroatoms. The van der Waals surface area contributed by atoms with Gasteiger partial charge in [0.05, 0.1) is 16.8 Å². The van der Waals surface area contributed by atoms with Crippen molar-refractivity contribution in [3.8, 4) is 5.69 Å².